The van der Waals surface area contributed by atoms with Gasteiger partial charge >= 0.3 is 0 Å². The molecule has 0 saturated carbocycles. The number of ketones is 1. The Morgan fingerprint density at radius 1 is 1.19 bits per heavy atom. The highest BCUT2D eigenvalue weighted by Gasteiger charge is 2.39. The number of allylic oxidation sites excluding steroid dienone is 3. The summed E-state index contributed by atoms with van der Waals surface area (Å²) in [6.07, 6.45) is 3.18. The standard InChI is InChI=1S/C22H19NO3/c1-5-18-20-17(22(4,23-18)26-14(3)12-13(2)24)11-10-16-15-8-6-7-9-19(15)25-21(16)20/h5-12H,1H2,2-4H3/b14-12-. The molecular weight excluding hydrogens is 326 g/mol. The maximum atomic E-state index is 11.3. The highest BCUT2D eigenvalue weighted by molar-refractivity contribution is 6.21. The molecule has 0 radical (unpaired) electrons. The predicted octanol–water partition coefficient (Wildman–Crippen LogP) is 5.26. The summed E-state index contributed by atoms with van der Waals surface area (Å²) in [5.74, 6) is 0.453. The van der Waals surface area contributed by atoms with Crippen LogP contribution >= 0.6 is 0 Å². The smallest absolute Gasteiger partial charge is 0.224 e. The number of nitrogens with zero attached hydrogens (tertiary/aromatic N) is 1. The molecule has 0 aliphatic carbocycles. The number of benzene rings is 2. The van der Waals surface area contributed by atoms with Crippen molar-refractivity contribution in [2.24, 2.45) is 4.99 Å². The minimum atomic E-state index is -0.929. The largest absolute Gasteiger partial charge is 0.467 e. The normalized spacial score (nSPS) is 19.5. The van der Waals surface area contributed by atoms with E-state index >= 15 is 0 Å². The van der Waals surface area contributed by atoms with Gasteiger partial charge in [-0.3, -0.25) is 4.79 Å². The molecule has 0 fully saturated rings. The summed E-state index contributed by atoms with van der Waals surface area (Å²) >= 11 is 0. The topological polar surface area (TPSA) is 51.8 Å². The van der Waals surface area contributed by atoms with Crippen molar-refractivity contribution in [1.29, 1.82) is 0 Å². The van der Waals surface area contributed by atoms with Gasteiger partial charge in [-0.2, -0.15) is 0 Å². The Morgan fingerprint density at radius 3 is 2.69 bits per heavy atom. The third-order valence-corrected chi connectivity index (χ3v) is 4.60. The number of carbonyl (C=O) groups is 1. The van der Waals surface area contributed by atoms with E-state index in [2.05, 4.69) is 6.58 Å². The second kappa shape index (κ2) is 5.70. The third kappa shape index (κ3) is 2.37. The quantitative estimate of drug-likeness (QED) is 0.479. The molecule has 130 valence electrons. The third-order valence-electron chi connectivity index (χ3n) is 4.60. The number of carbonyl (C=O) groups excluding carboxylic acids is 1. The van der Waals surface area contributed by atoms with Crippen LogP contribution in [0.1, 0.15) is 31.9 Å². The van der Waals surface area contributed by atoms with Crippen molar-refractivity contribution in [2.75, 3.05) is 0 Å². The Balaban J connectivity index is 1.95. The summed E-state index contributed by atoms with van der Waals surface area (Å²) in [5.41, 5.74) is 3.21. The average Bonchev–Trinajstić information content (AvgIpc) is 3.09. The lowest BCUT2D eigenvalue weighted by Gasteiger charge is -2.24. The van der Waals surface area contributed by atoms with Crippen molar-refractivity contribution in [1.82, 2.24) is 0 Å². The summed E-state index contributed by atoms with van der Waals surface area (Å²) < 4.78 is 12.2. The van der Waals surface area contributed by atoms with Crippen molar-refractivity contribution in [3.63, 3.8) is 0 Å². The second-order valence-electron chi connectivity index (χ2n) is 6.61. The zero-order valence-electron chi connectivity index (χ0n) is 15.0. The molecule has 4 nitrogen and oxygen atoms in total. The number of para-hydroxylation sites is 1. The molecule has 1 atom stereocenters. The minimum absolute atomic E-state index is 0.0648. The molecule has 4 heteroatoms. The zero-order valence-corrected chi connectivity index (χ0v) is 15.0. The maximum absolute atomic E-state index is 11.3. The fourth-order valence-electron chi connectivity index (χ4n) is 3.63. The number of rotatable bonds is 4. The predicted molar refractivity (Wildman–Crippen MR) is 103 cm³/mol. The fourth-order valence-corrected chi connectivity index (χ4v) is 3.63. The van der Waals surface area contributed by atoms with Gasteiger partial charge in [-0.25, -0.2) is 4.99 Å². The van der Waals surface area contributed by atoms with Crippen LogP contribution in [0, 0.1) is 0 Å². The molecule has 3 aromatic rings. The van der Waals surface area contributed by atoms with Crippen LogP contribution in [0.25, 0.3) is 21.9 Å². The number of fused-ring (bicyclic) bond motifs is 5. The number of ether oxygens (including phenoxy) is 1. The van der Waals surface area contributed by atoms with Crippen LogP contribution in [-0.2, 0) is 15.3 Å². The van der Waals surface area contributed by atoms with Crippen LogP contribution in [0.5, 0.6) is 0 Å². The van der Waals surface area contributed by atoms with Gasteiger partial charge in [0.15, 0.2) is 5.78 Å². The molecule has 1 aliphatic rings. The second-order valence-corrected chi connectivity index (χ2v) is 6.61. The lowest BCUT2D eigenvalue weighted by atomic mass is 9.97. The minimum Gasteiger partial charge on any atom is -0.467 e. The van der Waals surface area contributed by atoms with Crippen LogP contribution in [0.2, 0.25) is 0 Å². The summed E-state index contributed by atoms with van der Waals surface area (Å²) in [5, 5.41) is 2.10. The Bertz CT molecular complexity index is 1130. The monoisotopic (exact) mass is 345 g/mol. The highest BCUT2D eigenvalue weighted by Crippen LogP contribution is 2.43. The van der Waals surface area contributed by atoms with E-state index in [0.717, 1.165) is 38.8 Å². The lowest BCUT2D eigenvalue weighted by Crippen LogP contribution is -2.20. The summed E-state index contributed by atoms with van der Waals surface area (Å²) in [6, 6.07) is 12.0. The molecule has 0 bridgehead atoms. The Hall–Kier alpha value is -3.14. The van der Waals surface area contributed by atoms with Crippen molar-refractivity contribution in [3.05, 3.63) is 72.0 Å². The SMILES string of the molecule is C=CC1=NC(C)(O/C(C)=C\C(C)=O)c2ccc3c(oc4ccccc43)c21. The van der Waals surface area contributed by atoms with E-state index < -0.39 is 5.72 Å². The molecule has 0 spiro atoms. The Kier molecular flexibility index (Phi) is 3.58. The van der Waals surface area contributed by atoms with Gasteiger partial charge in [0.25, 0.3) is 0 Å². The Labute approximate surface area is 151 Å². The van der Waals surface area contributed by atoms with Gasteiger partial charge in [-0.05, 0) is 32.1 Å². The van der Waals surface area contributed by atoms with E-state index in [0.29, 0.717) is 5.76 Å². The van der Waals surface area contributed by atoms with Gasteiger partial charge in [0.1, 0.15) is 16.9 Å². The Morgan fingerprint density at radius 2 is 1.96 bits per heavy atom. The van der Waals surface area contributed by atoms with Gasteiger partial charge in [0, 0.05) is 29.3 Å². The van der Waals surface area contributed by atoms with Crippen LogP contribution in [0.3, 0.4) is 0 Å². The van der Waals surface area contributed by atoms with E-state index in [4.69, 9.17) is 14.1 Å². The van der Waals surface area contributed by atoms with Crippen LogP contribution in [0.4, 0.5) is 0 Å². The van der Waals surface area contributed by atoms with Gasteiger partial charge in [0.05, 0.1) is 11.3 Å². The molecule has 1 aromatic heterocycles. The van der Waals surface area contributed by atoms with E-state index in [1.807, 2.05) is 43.3 Å². The zero-order chi connectivity index (χ0) is 18.5. The molecule has 4 rings (SSSR count). The first-order chi connectivity index (χ1) is 12.4. The highest BCUT2D eigenvalue weighted by atomic mass is 16.5. The summed E-state index contributed by atoms with van der Waals surface area (Å²) in [4.78, 5) is 16.1. The maximum Gasteiger partial charge on any atom is 0.224 e. The lowest BCUT2D eigenvalue weighted by molar-refractivity contribution is -0.113. The van der Waals surface area contributed by atoms with Gasteiger partial charge in [-0.1, -0.05) is 30.8 Å². The average molecular weight is 345 g/mol. The number of furan rings is 1. The summed E-state index contributed by atoms with van der Waals surface area (Å²) in [6.45, 7) is 9.03. The van der Waals surface area contributed by atoms with E-state index in [1.54, 1.807) is 13.0 Å². The molecular formula is C22H19NO3. The number of aliphatic imine (C=N–C) groups is 1. The van der Waals surface area contributed by atoms with Crippen LogP contribution in [0.15, 0.2) is 70.3 Å². The molecule has 0 saturated heterocycles. The fraction of sp³-hybridized carbons (Fsp3) is 0.182. The van der Waals surface area contributed by atoms with Gasteiger partial charge < -0.3 is 9.15 Å². The molecule has 1 aliphatic heterocycles. The van der Waals surface area contributed by atoms with Crippen LogP contribution in [-0.4, -0.2) is 11.5 Å². The molecule has 2 aromatic carbocycles. The molecule has 2 heterocycles. The molecule has 0 amide bonds. The van der Waals surface area contributed by atoms with Gasteiger partial charge in [-0.15, -0.1) is 0 Å². The van der Waals surface area contributed by atoms with Crippen molar-refractivity contribution in [3.8, 4) is 0 Å². The van der Waals surface area contributed by atoms with Crippen molar-refractivity contribution >= 4 is 33.4 Å². The van der Waals surface area contributed by atoms with E-state index in [1.165, 1.54) is 13.0 Å². The first-order valence-electron chi connectivity index (χ1n) is 8.48. The number of hydrogen-bond donors (Lipinski definition) is 0. The molecule has 26 heavy (non-hydrogen) atoms. The number of hydrogen-bond acceptors (Lipinski definition) is 4. The van der Waals surface area contributed by atoms with E-state index in [-0.39, 0.29) is 5.78 Å². The first kappa shape index (κ1) is 16.3. The summed E-state index contributed by atoms with van der Waals surface area (Å²) in [7, 11) is 0. The van der Waals surface area contributed by atoms with Gasteiger partial charge in [0.2, 0.25) is 5.72 Å². The van der Waals surface area contributed by atoms with Crippen molar-refractivity contribution < 1.29 is 13.9 Å². The van der Waals surface area contributed by atoms with E-state index in [9.17, 15) is 4.79 Å². The van der Waals surface area contributed by atoms with Crippen molar-refractivity contribution in [2.45, 2.75) is 26.5 Å². The van der Waals surface area contributed by atoms with Crippen LogP contribution < -0.4 is 0 Å². The first-order valence-corrected chi connectivity index (χ1v) is 8.48. The molecule has 1 unspecified atom stereocenters. The molecule has 0 N–H and O–H groups in total.